The van der Waals surface area contributed by atoms with Gasteiger partial charge in [0.15, 0.2) is 0 Å². The van der Waals surface area contributed by atoms with Gasteiger partial charge in [0.05, 0.1) is 0 Å². The Bertz CT molecular complexity index is 145. The van der Waals surface area contributed by atoms with E-state index in [0.717, 1.165) is 0 Å². The number of rotatable bonds is 4. The van der Waals surface area contributed by atoms with E-state index in [1.807, 2.05) is 0 Å². The Labute approximate surface area is 71.0 Å². The van der Waals surface area contributed by atoms with Gasteiger partial charge in [0.2, 0.25) is 0 Å². The second kappa shape index (κ2) is 6.21. The van der Waals surface area contributed by atoms with E-state index in [4.69, 9.17) is 0 Å². The zero-order valence-electron chi connectivity index (χ0n) is 8.15. The summed E-state index contributed by atoms with van der Waals surface area (Å²) in [6.45, 7) is 8.53. The lowest BCUT2D eigenvalue weighted by atomic mass is 10.1. The van der Waals surface area contributed by atoms with Crippen LogP contribution in [0.15, 0.2) is 23.3 Å². The van der Waals surface area contributed by atoms with Crippen molar-refractivity contribution in [1.82, 2.24) is 0 Å². The molecule has 0 saturated carbocycles. The van der Waals surface area contributed by atoms with Crippen molar-refractivity contribution in [3.8, 4) is 0 Å². The first-order valence-corrected chi connectivity index (χ1v) is 4.25. The molecule has 0 aromatic rings. The van der Waals surface area contributed by atoms with Crippen molar-refractivity contribution in [2.45, 2.75) is 40.5 Å². The number of hydrogen-bond acceptors (Lipinski definition) is 0. The molecule has 0 aromatic carbocycles. The minimum absolute atomic E-state index is 1.18. The fraction of sp³-hybridized carbons (Fsp3) is 0.545. The fourth-order valence-corrected chi connectivity index (χ4v) is 0.956. The van der Waals surface area contributed by atoms with Crippen molar-refractivity contribution < 1.29 is 0 Å². The lowest BCUT2D eigenvalue weighted by Gasteiger charge is -1.96. The van der Waals surface area contributed by atoms with E-state index < -0.39 is 0 Å². The van der Waals surface area contributed by atoms with Crippen LogP contribution in [0.2, 0.25) is 0 Å². The maximum Gasteiger partial charge on any atom is -0.0199 e. The normalized spacial score (nSPS) is 11.5. The molecule has 0 aliphatic rings. The Hall–Kier alpha value is -0.520. The molecule has 63 valence electrons. The minimum atomic E-state index is 1.18. The van der Waals surface area contributed by atoms with E-state index in [1.54, 1.807) is 0 Å². The summed E-state index contributed by atoms with van der Waals surface area (Å²) in [6, 6.07) is 0. The summed E-state index contributed by atoms with van der Waals surface area (Å²) in [6.07, 6.45) is 8.93. The van der Waals surface area contributed by atoms with E-state index >= 15 is 0 Å². The molecule has 0 bridgehead atoms. The van der Waals surface area contributed by atoms with Gasteiger partial charge in [0.1, 0.15) is 0 Å². The number of hydrogen-bond donors (Lipinski definition) is 0. The van der Waals surface area contributed by atoms with Gasteiger partial charge in [-0.05, 0) is 40.0 Å². The molecule has 0 amide bonds. The van der Waals surface area contributed by atoms with Crippen LogP contribution in [-0.2, 0) is 0 Å². The molecule has 0 nitrogen and oxygen atoms in total. The van der Waals surface area contributed by atoms with E-state index in [9.17, 15) is 0 Å². The molecule has 0 heteroatoms. The molecule has 1 radical (unpaired) electrons. The summed E-state index contributed by atoms with van der Waals surface area (Å²) in [7, 11) is 0. The summed E-state index contributed by atoms with van der Waals surface area (Å²) in [4.78, 5) is 0. The van der Waals surface area contributed by atoms with Gasteiger partial charge >= 0.3 is 0 Å². The van der Waals surface area contributed by atoms with Gasteiger partial charge in [0, 0.05) is 0 Å². The second-order valence-corrected chi connectivity index (χ2v) is 3.17. The standard InChI is InChI=1S/C11H19/c1-5-7-11(4)9-6-8-10(2)3/h5,7-8H,6,9H2,1-4H3/b11-7-. The van der Waals surface area contributed by atoms with Crippen LogP contribution in [0, 0.1) is 6.42 Å². The first kappa shape index (κ1) is 10.5. The quantitative estimate of drug-likeness (QED) is 0.534. The summed E-state index contributed by atoms with van der Waals surface area (Å²) in [5.74, 6) is 0. The summed E-state index contributed by atoms with van der Waals surface area (Å²) >= 11 is 0. The predicted octanol–water partition coefficient (Wildman–Crippen LogP) is 3.90. The lowest BCUT2D eigenvalue weighted by molar-refractivity contribution is 0.964. The van der Waals surface area contributed by atoms with Crippen LogP contribution >= 0.6 is 0 Å². The topological polar surface area (TPSA) is 0 Å². The van der Waals surface area contributed by atoms with Crippen molar-refractivity contribution >= 4 is 0 Å². The van der Waals surface area contributed by atoms with E-state index in [2.05, 4.69) is 46.3 Å². The largest absolute Gasteiger partial charge is 0.0856 e. The molecular formula is C11H19. The van der Waals surface area contributed by atoms with Gasteiger partial charge in [-0.3, -0.25) is 0 Å². The molecule has 0 aromatic heterocycles. The maximum atomic E-state index is 2.28. The molecule has 0 aliphatic carbocycles. The zero-order chi connectivity index (χ0) is 8.69. The van der Waals surface area contributed by atoms with Crippen molar-refractivity contribution in [2.24, 2.45) is 0 Å². The van der Waals surface area contributed by atoms with Gasteiger partial charge in [-0.1, -0.05) is 30.2 Å². The summed E-state index contributed by atoms with van der Waals surface area (Å²) in [5.41, 5.74) is 2.88. The molecule has 0 fully saturated rings. The van der Waals surface area contributed by atoms with E-state index in [0.29, 0.717) is 0 Å². The third kappa shape index (κ3) is 7.38. The first-order chi connectivity index (χ1) is 5.16. The average Bonchev–Trinajstić information content (AvgIpc) is 1.87. The van der Waals surface area contributed by atoms with Crippen LogP contribution in [0.1, 0.15) is 40.5 Å². The monoisotopic (exact) mass is 151 g/mol. The molecule has 0 spiro atoms. The van der Waals surface area contributed by atoms with E-state index in [1.165, 1.54) is 24.0 Å². The van der Waals surface area contributed by atoms with Crippen LogP contribution in [-0.4, -0.2) is 0 Å². The predicted molar refractivity (Wildman–Crippen MR) is 52.4 cm³/mol. The van der Waals surface area contributed by atoms with Crippen molar-refractivity contribution in [3.63, 3.8) is 0 Å². The van der Waals surface area contributed by atoms with Crippen LogP contribution in [0.3, 0.4) is 0 Å². The molecule has 0 rings (SSSR count). The fourth-order valence-electron chi connectivity index (χ4n) is 0.956. The van der Waals surface area contributed by atoms with Crippen LogP contribution in [0.25, 0.3) is 0 Å². The highest BCUT2D eigenvalue weighted by atomic mass is 13.9. The van der Waals surface area contributed by atoms with Crippen LogP contribution < -0.4 is 0 Å². The van der Waals surface area contributed by atoms with Crippen LogP contribution in [0.4, 0.5) is 0 Å². The maximum absolute atomic E-state index is 2.28. The minimum Gasteiger partial charge on any atom is -0.0856 e. The number of allylic oxidation sites excluding steroid dienone is 4. The van der Waals surface area contributed by atoms with Crippen molar-refractivity contribution in [2.75, 3.05) is 0 Å². The molecular weight excluding hydrogens is 132 g/mol. The average molecular weight is 151 g/mol. The Balaban J connectivity index is 3.54. The SMILES string of the molecule is C[CH]/C=C(/C)CCC=C(C)C. The highest BCUT2D eigenvalue weighted by molar-refractivity contribution is 5.06. The van der Waals surface area contributed by atoms with Gasteiger partial charge in [-0.25, -0.2) is 0 Å². The second-order valence-electron chi connectivity index (χ2n) is 3.17. The third-order valence-electron chi connectivity index (χ3n) is 1.54. The zero-order valence-corrected chi connectivity index (χ0v) is 8.15. The molecule has 0 aliphatic heterocycles. The molecule has 0 heterocycles. The highest BCUT2D eigenvalue weighted by Gasteiger charge is 1.86. The van der Waals surface area contributed by atoms with Gasteiger partial charge in [-0.15, -0.1) is 0 Å². The molecule has 11 heavy (non-hydrogen) atoms. The Morgan fingerprint density at radius 1 is 1.18 bits per heavy atom. The Morgan fingerprint density at radius 2 is 1.82 bits per heavy atom. The third-order valence-corrected chi connectivity index (χ3v) is 1.54. The molecule has 0 N–H and O–H groups in total. The van der Waals surface area contributed by atoms with Crippen molar-refractivity contribution in [1.29, 1.82) is 0 Å². The van der Waals surface area contributed by atoms with Crippen LogP contribution in [0.5, 0.6) is 0 Å². The first-order valence-electron chi connectivity index (χ1n) is 4.25. The summed E-state index contributed by atoms with van der Waals surface area (Å²) in [5, 5.41) is 0. The van der Waals surface area contributed by atoms with Gasteiger partial charge < -0.3 is 0 Å². The van der Waals surface area contributed by atoms with Gasteiger partial charge in [0.25, 0.3) is 0 Å². The highest BCUT2D eigenvalue weighted by Crippen LogP contribution is 2.06. The Kier molecular flexibility index (Phi) is 5.91. The van der Waals surface area contributed by atoms with Gasteiger partial charge in [-0.2, -0.15) is 0 Å². The lowest BCUT2D eigenvalue weighted by Crippen LogP contribution is -1.76. The molecule has 0 atom stereocenters. The van der Waals surface area contributed by atoms with Crippen molar-refractivity contribution in [3.05, 3.63) is 29.7 Å². The Morgan fingerprint density at radius 3 is 2.27 bits per heavy atom. The molecule has 0 unspecified atom stereocenters. The molecule has 0 saturated heterocycles. The summed E-state index contributed by atoms with van der Waals surface area (Å²) < 4.78 is 0. The smallest absolute Gasteiger partial charge is 0.0199 e. The van der Waals surface area contributed by atoms with E-state index in [-0.39, 0.29) is 0 Å².